The number of aliphatic imine (C=N–C) groups is 1. The molecule has 1 aliphatic carbocycles. The summed E-state index contributed by atoms with van der Waals surface area (Å²) in [4.78, 5) is 17.0. The maximum Gasteiger partial charge on any atom is 0.433 e. The van der Waals surface area contributed by atoms with Crippen molar-refractivity contribution in [2.24, 2.45) is 10.7 Å². The molecule has 3 N–H and O–H groups in total. The minimum Gasteiger partial charge on any atom is -0.463 e. The van der Waals surface area contributed by atoms with Crippen LogP contribution < -0.4 is 5.73 Å². The first kappa shape index (κ1) is 18.4. The van der Waals surface area contributed by atoms with Gasteiger partial charge < -0.3 is 10.8 Å². The van der Waals surface area contributed by atoms with Gasteiger partial charge in [-0.1, -0.05) is 12.1 Å². The van der Waals surface area contributed by atoms with Gasteiger partial charge in [-0.05, 0) is 54.7 Å². The van der Waals surface area contributed by atoms with Crippen LogP contribution in [0.25, 0.3) is 0 Å². The molecule has 1 heterocycles. The summed E-state index contributed by atoms with van der Waals surface area (Å²) in [5, 5.41) is 8.25. The van der Waals surface area contributed by atoms with Crippen LogP contribution in [0.4, 0.5) is 18.0 Å². The zero-order chi connectivity index (χ0) is 18.4. The molecule has 1 aliphatic rings. The molecule has 132 valence electrons. The molecule has 0 aliphatic heterocycles. The zero-order valence-electron chi connectivity index (χ0n) is 13.1. The predicted octanol–water partition coefficient (Wildman–Crippen LogP) is 3.66. The number of aryl methyl sites for hydroxylation is 2. The molecule has 0 saturated heterocycles. The lowest BCUT2D eigenvalue weighted by Gasteiger charge is -2.08. The van der Waals surface area contributed by atoms with E-state index in [0.717, 1.165) is 30.4 Å². The molecule has 25 heavy (non-hydrogen) atoms. The third-order valence-electron chi connectivity index (χ3n) is 3.57. The van der Waals surface area contributed by atoms with Gasteiger partial charge in [-0.25, -0.2) is 4.79 Å². The fourth-order valence-corrected chi connectivity index (χ4v) is 2.42. The van der Waals surface area contributed by atoms with Gasteiger partial charge in [0.15, 0.2) is 5.84 Å². The first-order valence-corrected chi connectivity index (χ1v) is 7.45. The van der Waals surface area contributed by atoms with Crippen molar-refractivity contribution in [3.05, 3.63) is 65.0 Å². The third-order valence-corrected chi connectivity index (χ3v) is 3.57. The van der Waals surface area contributed by atoms with Crippen LogP contribution in [0.5, 0.6) is 0 Å². The average molecular weight is 351 g/mol. The highest BCUT2D eigenvalue weighted by molar-refractivity contribution is 6.00. The van der Waals surface area contributed by atoms with Crippen LogP contribution in [0.2, 0.25) is 0 Å². The molecule has 0 radical (unpaired) electrons. The minimum absolute atomic E-state index is 0.0944. The minimum atomic E-state index is -4.20. The molecule has 1 aromatic heterocycles. The van der Waals surface area contributed by atoms with E-state index in [-0.39, 0.29) is 5.84 Å². The Morgan fingerprint density at radius 2 is 1.88 bits per heavy atom. The molecule has 0 atom stereocenters. The highest BCUT2D eigenvalue weighted by Crippen LogP contribution is 2.32. The summed E-state index contributed by atoms with van der Waals surface area (Å²) < 4.78 is 36.8. The molecule has 1 aromatic carbocycles. The van der Waals surface area contributed by atoms with E-state index in [4.69, 9.17) is 10.8 Å². The highest BCUT2D eigenvalue weighted by Gasteiger charge is 2.31. The predicted molar refractivity (Wildman–Crippen MR) is 86.5 cm³/mol. The number of carbonyl (C=O) groups is 1. The normalized spacial score (nSPS) is 13.6. The van der Waals surface area contributed by atoms with E-state index in [2.05, 4.69) is 9.98 Å². The van der Waals surface area contributed by atoms with Crippen molar-refractivity contribution in [3.63, 3.8) is 0 Å². The number of hydrogen-bond acceptors (Lipinski definition) is 2. The van der Waals surface area contributed by atoms with Crippen LogP contribution in [-0.4, -0.2) is 22.0 Å². The third kappa shape index (κ3) is 5.30. The van der Waals surface area contributed by atoms with Gasteiger partial charge in [0.25, 0.3) is 0 Å². The topological polar surface area (TPSA) is 88.6 Å². The van der Waals surface area contributed by atoms with Crippen LogP contribution in [0.3, 0.4) is 0 Å². The monoisotopic (exact) mass is 351 g/mol. The van der Waals surface area contributed by atoms with E-state index < -0.39 is 17.8 Å². The number of pyridine rings is 1. The van der Waals surface area contributed by atoms with Crippen molar-refractivity contribution < 1.29 is 23.1 Å². The van der Waals surface area contributed by atoms with Crippen molar-refractivity contribution in [2.75, 3.05) is 0 Å². The number of halogens is 3. The summed E-state index contributed by atoms with van der Waals surface area (Å²) in [7, 11) is 0. The largest absolute Gasteiger partial charge is 0.463 e. The molecule has 0 unspecified atom stereocenters. The van der Waals surface area contributed by atoms with Gasteiger partial charge in [0.05, 0.1) is 5.56 Å². The van der Waals surface area contributed by atoms with Crippen LogP contribution >= 0.6 is 0 Å². The van der Waals surface area contributed by atoms with Crippen LogP contribution in [0.15, 0.2) is 47.6 Å². The van der Waals surface area contributed by atoms with E-state index in [1.807, 2.05) is 0 Å². The lowest BCUT2D eigenvalue weighted by atomic mass is 10.1. The fraction of sp³-hybridized carbons (Fsp3) is 0.235. The number of nitrogens with zero attached hydrogens (tertiary/aromatic N) is 2. The number of aromatic nitrogens is 1. The maximum atomic E-state index is 12.3. The van der Waals surface area contributed by atoms with Crippen molar-refractivity contribution in [1.29, 1.82) is 0 Å². The van der Waals surface area contributed by atoms with Gasteiger partial charge in [-0.2, -0.15) is 18.2 Å². The van der Waals surface area contributed by atoms with Gasteiger partial charge in [0, 0.05) is 6.20 Å². The van der Waals surface area contributed by atoms with Crippen molar-refractivity contribution in [2.45, 2.75) is 25.4 Å². The Kier molecular flexibility index (Phi) is 5.74. The Morgan fingerprint density at radius 3 is 2.48 bits per heavy atom. The summed E-state index contributed by atoms with van der Waals surface area (Å²) in [5.74, 6) is -0.0944. The van der Waals surface area contributed by atoms with Crippen LogP contribution in [-0.2, 0) is 19.0 Å². The lowest BCUT2D eigenvalue weighted by Crippen LogP contribution is -2.16. The van der Waals surface area contributed by atoms with Gasteiger partial charge in [0.1, 0.15) is 5.69 Å². The van der Waals surface area contributed by atoms with Crippen LogP contribution in [0, 0.1) is 0 Å². The van der Waals surface area contributed by atoms with Gasteiger partial charge in [-0.15, -0.1) is 0 Å². The Hall–Kier alpha value is -2.90. The van der Waals surface area contributed by atoms with Crippen LogP contribution in [0.1, 0.15) is 28.8 Å². The summed E-state index contributed by atoms with van der Waals surface area (Å²) in [5.41, 5.74) is 7.09. The second-order valence-corrected chi connectivity index (χ2v) is 5.33. The maximum absolute atomic E-state index is 12.3. The van der Waals surface area contributed by atoms with E-state index in [1.165, 1.54) is 18.3 Å². The highest BCUT2D eigenvalue weighted by atomic mass is 19.4. The Labute approximate surface area is 142 Å². The van der Waals surface area contributed by atoms with Crippen molar-refractivity contribution >= 4 is 11.9 Å². The zero-order valence-corrected chi connectivity index (χ0v) is 13.1. The molecular weight excluding hydrogens is 335 g/mol. The number of amides is 1. The van der Waals surface area contributed by atoms with E-state index >= 15 is 0 Å². The summed E-state index contributed by atoms with van der Waals surface area (Å²) in [6, 6.07) is 9.05. The Morgan fingerprint density at radius 1 is 1.16 bits per heavy atom. The molecule has 0 spiro atoms. The van der Waals surface area contributed by atoms with Crippen molar-refractivity contribution in [1.82, 2.24) is 4.98 Å². The van der Waals surface area contributed by atoms with Gasteiger partial charge >= 0.3 is 12.3 Å². The number of hydrogen-bond donors (Lipinski definition) is 2. The summed E-state index contributed by atoms with van der Waals surface area (Å²) in [6.07, 6.45) is -1.31. The number of amidine groups is 1. The molecule has 5 nitrogen and oxygen atoms in total. The standard InChI is InChI=1S/C10H9F3.C7H7N3O2/c11-10(12,13)9-5-4-7-2-1-3-8(7)6-9;8-6(10-7(11)12)5-3-1-2-4-9-5/h4-6H,1-3H2;1-4H,(H2,8,10)(H,11,12). The second kappa shape index (κ2) is 7.78. The molecule has 3 rings (SSSR count). The Bertz CT molecular complexity index is 774. The first-order valence-electron chi connectivity index (χ1n) is 7.45. The number of nitrogens with two attached hydrogens (primary N) is 1. The molecule has 0 saturated carbocycles. The summed E-state index contributed by atoms with van der Waals surface area (Å²) >= 11 is 0. The molecular formula is C17H16F3N3O2. The number of benzene rings is 1. The van der Waals surface area contributed by atoms with Crippen molar-refractivity contribution in [3.8, 4) is 0 Å². The number of carboxylic acid groups (broad SMARTS) is 1. The van der Waals surface area contributed by atoms with E-state index in [0.29, 0.717) is 5.69 Å². The number of rotatable bonds is 1. The fourth-order valence-electron chi connectivity index (χ4n) is 2.42. The first-order chi connectivity index (χ1) is 11.8. The van der Waals surface area contributed by atoms with Gasteiger partial charge in [-0.3, -0.25) is 4.98 Å². The smallest absolute Gasteiger partial charge is 0.433 e. The molecule has 0 fully saturated rings. The van der Waals surface area contributed by atoms with E-state index in [9.17, 15) is 18.0 Å². The Balaban J connectivity index is 0.000000181. The molecule has 0 bridgehead atoms. The second-order valence-electron chi connectivity index (χ2n) is 5.33. The SMILES string of the molecule is FC(F)(F)c1ccc2c(c1)CCC2.N/C(=N\C(=O)O)c1ccccn1. The molecule has 1 amide bonds. The molecule has 2 aromatic rings. The quantitative estimate of drug-likeness (QED) is 0.606. The number of alkyl halides is 3. The molecule has 8 heteroatoms. The van der Waals surface area contributed by atoms with E-state index in [1.54, 1.807) is 24.3 Å². The lowest BCUT2D eigenvalue weighted by molar-refractivity contribution is -0.137. The number of fused-ring (bicyclic) bond motifs is 1. The average Bonchev–Trinajstić information content (AvgIpc) is 3.02. The summed E-state index contributed by atoms with van der Waals surface area (Å²) in [6.45, 7) is 0. The van der Waals surface area contributed by atoms with Gasteiger partial charge in [0.2, 0.25) is 0 Å².